The van der Waals surface area contributed by atoms with Crippen LogP contribution in [0.3, 0.4) is 0 Å². The van der Waals surface area contributed by atoms with Gasteiger partial charge in [0.2, 0.25) is 0 Å². The van der Waals surface area contributed by atoms with E-state index in [1.807, 2.05) is 12.1 Å². The summed E-state index contributed by atoms with van der Waals surface area (Å²) >= 11 is 3.49. The molecule has 0 saturated carbocycles. The standard InChI is InChI=1S/C10H12Br/c1-10(2,8-11)9-6-4-3-5-7-9/h3-6H,8H2,1-2H3. The van der Waals surface area contributed by atoms with Gasteiger partial charge in [0.1, 0.15) is 0 Å². The molecular weight excluding hydrogens is 200 g/mol. The first-order valence-electron chi connectivity index (χ1n) is 3.70. The molecule has 0 nitrogen and oxygen atoms in total. The van der Waals surface area contributed by atoms with Gasteiger partial charge in [-0.2, -0.15) is 0 Å². The zero-order chi connectivity index (χ0) is 8.32. The maximum Gasteiger partial charge on any atom is 0.0123 e. The molecule has 0 bridgehead atoms. The van der Waals surface area contributed by atoms with Crippen LogP contribution in [0.2, 0.25) is 0 Å². The quantitative estimate of drug-likeness (QED) is 0.660. The Hall–Kier alpha value is -0.300. The molecule has 0 amide bonds. The first kappa shape index (κ1) is 8.79. The molecule has 0 unspecified atom stereocenters. The van der Waals surface area contributed by atoms with Gasteiger partial charge in [0.25, 0.3) is 0 Å². The van der Waals surface area contributed by atoms with Crippen LogP contribution in [0.5, 0.6) is 0 Å². The molecule has 1 heteroatoms. The van der Waals surface area contributed by atoms with Crippen LogP contribution in [-0.4, -0.2) is 5.33 Å². The van der Waals surface area contributed by atoms with E-state index in [9.17, 15) is 0 Å². The van der Waals surface area contributed by atoms with Gasteiger partial charge in [-0.05, 0) is 17.0 Å². The van der Waals surface area contributed by atoms with Crippen LogP contribution in [0.1, 0.15) is 19.4 Å². The lowest BCUT2D eigenvalue weighted by molar-refractivity contribution is 0.605. The third-order valence-corrected chi connectivity index (χ3v) is 3.17. The highest BCUT2D eigenvalue weighted by atomic mass is 79.9. The predicted octanol–water partition coefficient (Wildman–Crippen LogP) is 3.16. The fourth-order valence-electron chi connectivity index (χ4n) is 0.886. The molecule has 1 radical (unpaired) electrons. The third-order valence-electron chi connectivity index (χ3n) is 1.77. The first-order valence-corrected chi connectivity index (χ1v) is 4.82. The average molecular weight is 212 g/mol. The van der Waals surface area contributed by atoms with Gasteiger partial charge in [-0.15, -0.1) is 0 Å². The molecule has 1 aromatic carbocycles. The molecule has 0 aromatic heterocycles. The van der Waals surface area contributed by atoms with Gasteiger partial charge in [-0.3, -0.25) is 0 Å². The molecule has 0 atom stereocenters. The van der Waals surface area contributed by atoms with E-state index in [1.165, 1.54) is 5.56 Å². The van der Waals surface area contributed by atoms with Gasteiger partial charge < -0.3 is 0 Å². The van der Waals surface area contributed by atoms with Gasteiger partial charge in [0, 0.05) is 5.33 Å². The summed E-state index contributed by atoms with van der Waals surface area (Å²) in [5, 5.41) is 0.973. The second kappa shape index (κ2) is 3.40. The van der Waals surface area contributed by atoms with Crippen LogP contribution in [0.15, 0.2) is 24.3 Å². The van der Waals surface area contributed by atoms with Crippen molar-refractivity contribution in [3.8, 4) is 0 Å². The fourth-order valence-corrected chi connectivity index (χ4v) is 1.19. The third kappa shape index (κ3) is 2.06. The van der Waals surface area contributed by atoms with Crippen molar-refractivity contribution in [2.24, 2.45) is 0 Å². The molecule has 1 aromatic rings. The summed E-state index contributed by atoms with van der Waals surface area (Å²) in [5.74, 6) is 0. The van der Waals surface area contributed by atoms with E-state index in [-0.39, 0.29) is 5.41 Å². The van der Waals surface area contributed by atoms with Gasteiger partial charge >= 0.3 is 0 Å². The number of hydrogen-bond acceptors (Lipinski definition) is 0. The number of benzene rings is 1. The van der Waals surface area contributed by atoms with E-state index in [2.05, 4.69) is 48.0 Å². The molecule has 0 aliphatic rings. The minimum Gasteiger partial charge on any atom is -0.0919 e. The highest BCUT2D eigenvalue weighted by Gasteiger charge is 2.17. The lowest BCUT2D eigenvalue weighted by Crippen LogP contribution is -2.18. The van der Waals surface area contributed by atoms with Crippen molar-refractivity contribution in [3.05, 3.63) is 35.9 Å². The Balaban J connectivity index is 2.93. The summed E-state index contributed by atoms with van der Waals surface area (Å²) in [6.07, 6.45) is 0. The molecule has 1 rings (SSSR count). The topological polar surface area (TPSA) is 0 Å². The highest BCUT2D eigenvalue weighted by molar-refractivity contribution is 9.09. The van der Waals surface area contributed by atoms with E-state index in [0.29, 0.717) is 0 Å². The van der Waals surface area contributed by atoms with E-state index < -0.39 is 0 Å². The van der Waals surface area contributed by atoms with Crippen LogP contribution >= 0.6 is 15.9 Å². The van der Waals surface area contributed by atoms with Crippen LogP contribution in [0.4, 0.5) is 0 Å². The maximum absolute atomic E-state index is 3.49. The Kier molecular flexibility index (Phi) is 2.72. The number of rotatable bonds is 2. The minimum absolute atomic E-state index is 0.196. The predicted molar refractivity (Wildman–Crippen MR) is 52.1 cm³/mol. The SMILES string of the molecule is CC(C)(CBr)c1[c]cccc1. The molecule has 59 valence electrons. The number of alkyl halides is 1. The summed E-state index contributed by atoms with van der Waals surface area (Å²) in [7, 11) is 0. The monoisotopic (exact) mass is 211 g/mol. The first-order chi connectivity index (χ1) is 5.17. The summed E-state index contributed by atoms with van der Waals surface area (Å²) in [5.41, 5.74) is 1.46. The molecule has 0 spiro atoms. The molecule has 0 saturated heterocycles. The largest absolute Gasteiger partial charge is 0.0919 e. The van der Waals surface area contributed by atoms with Crippen molar-refractivity contribution in [2.75, 3.05) is 5.33 Å². The van der Waals surface area contributed by atoms with Gasteiger partial charge in [-0.25, -0.2) is 0 Å². The van der Waals surface area contributed by atoms with Crippen LogP contribution in [-0.2, 0) is 5.41 Å². The molecular formula is C10H12Br. The fraction of sp³-hybridized carbons (Fsp3) is 0.400. The number of hydrogen-bond donors (Lipinski definition) is 0. The average Bonchev–Trinajstić information content (AvgIpc) is 2.06. The normalized spacial score (nSPS) is 11.5. The molecule has 0 aliphatic heterocycles. The van der Waals surface area contributed by atoms with Gasteiger partial charge in [-0.1, -0.05) is 54.0 Å². The number of halogens is 1. The molecule has 0 N–H and O–H groups in total. The van der Waals surface area contributed by atoms with E-state index >= 15 is 0 Å². The Morgan fingerprint density at radius 1 is 1.45 bits per heavy atom. The molecule has 0 fully saturated rings. The van der Waals surface area contributed by atoms with Crippen molar-refractivity contribution in [3.63, 3.8) is 0 Å². The van der Waals surface area contributed by atoms with Gasteiger partial charge in [0.15, 0.2) is 0 Å². The molecule has 0 aliphatic carbocycles. The zero-order valence-electron chi connectivity index (χ0n) is 6.89. The summed E-state index contributed by atoms with van der Waals surface area (Å²) in [4.78, 5) is 0. The van der Waals surface area contributed by atoms with Crippen LogP contribution in [0, 0.1) is 6.07 Å². The van der Waals surface area contributed by atoms with E-state index in [4.69, 9.17) is 0 Å². The molecule has 0 heterocycles. The smallest absolute Gasteiger partial charge is 0.0123 e. The van der Waals surface area contributed by atoms with Crippen LogP contribution in [0.25, 0.3) is 0 Å². The van der Waals surface area contributed by atoms with Crippen molar-refractivity contribution < 1.29 is 0 Å². The van der Waals surface area contributed by atoms with Crippen molar-refractivity contribution in [1.82, 2.24) is 0 Å². The van der Waals surface area contributed by atoms with Crippen LogP contribution < -0.4 is 0 Å². The highest BCUT2D eigenvalue weighted by Crippen LogP contribution is 2.23. The summed E-state index contributed by atoms with van der Waals surface area (Å²) in [6, 6.07) is 11.3. The second-order valence-corrected chi connectivity index (χ2v) is 3.85. The Morgan fingerprint density at radius 2 is 2.18 bits per heavy atom. The van der Waals surface area contributed by atoms with E-state index in [1.54, 1.807) is 0 Å². The summed E-state index contributed by atoms with van der Waals surface area (Å²) in [6.45, 7) is 4.40. The minimum atomic E-state index is 0.196. The van der Waals surface area contributed by atoms with Crippen molar-refractivity contribution >= 4 is 15.9 Å². The zero-order valence-corrected chi connectivity index (χ0v) is 8.48. The lowest BCUT2D eigenvalue weighted by atomic mass is 9.87. The maximum atomic E-state index is 3.49. The second-order valence-electron chi connectivity index (χ2n) is 3.29. The summed E-state index contributed by atoms with van der Waals surface area (Å²) < 4.78 is 0. The van der Waals surface area contributed by atoms with Gasteiger partial charge in [0.05, 0.1) is 0 Å². The van der Waals surface area contributed by atoms with Crippen molar-refractivity contribution in [2.45, 2.75) is 19.3 Å². The molecule has 11 heavy (non-hydrogen) atoms. The van der Waals surface area contributed by atoms with Crippen molar-refractivity contribution in [1.29, 1.82) is 0 Å². The Bertz CT molecular complexity index is 214. The lowest BCUT2D eigenvalue weighted by Gasteiger charge is -2.21. The Labute approximate surface area is 76.8 Å². The van der Waals surface area contributed by atoms with E-state index in [0.717, 1.165) is 5.33 Å². The Morgan fingerprint density at radius 3 is 2.64 bits per heavy atom.